The van der Waals surface area contributed by atoms with Crippen molar-refractivity contribution in [2.24, 2.45) is 0 Å². The minimum atomic E-state index is -5.19. The quantitative estimate of drug-likeness (QED) is 0.404. The molecule has 1 spiro atoms. The van der Waals surface area contributed by atoms with E-state index in [2.05, 4.69) is 5.32 Å². The van der Waals surface area contributed by atoms with E-state index in [1.54, 1.807) is 4.90 Å². The number of hydrogen-bond acceptors (Lipinski definition) is 5. The number of aliphatic hydroxyl groups excluding tert-OH is 1. The molecule has 0 radical (unpaired) electrons. The number of aliphatic carboxylic acids is 2. The standard InChI is InChI=1S/C10H20N2O.2C2HF3O2/c13-9-8-12-7-1-2-10(12)3-5-11-6-4-10;2*3-2(4,5)1(6)7/h11,13H,1-9H2;2*(H,6,7). The van der Waals surface area contributed by atoms with Crippen LogP contribution in [0.1, 0.15) is 25.7 Å². The number of halogens is 6. The fraction of sp³-hybridized carbons (Fsp3) is 0.857. The molecular weight excluding hydrogens is 390 g/mol. The first-order valence-electron chi connectivity index (χ1n) is 8.10. The van der Waals surface area contributed by atoms with E-state index in [1.807, 2.05) is 0 Å². The SMILES string of the molecule is O=C([O-])C(F)(F)F.O=C([O-])C(F)(F)F.OCC[NH+]1CCCC12CC[NH2+]CC2. The Hall–Kier alpha value is -1.60. The topological polar surface area (TPSA) is 122 Å². The number of likely N-dealkylation sites (tertiary alicyclic amines) is 1. The molecule has 2 heterocycles. The monoisotopic (exact) mass is 412 g/mol. The summed E-state index contributed by atoms with van der Waals surface area (Å²) in [5.74, 6) is -6.01. The van der Waals surface area contributed by atoms with Crippen molar-refractivity contribution in [2.45, 2.75) is 43.6 Å². The van der Waals surface area contributed by atoms with Gasteiger partial charge in [-0.05, 0) is 0 Å². The van der Waals surface area contributed by atoms with Crippen LogP contribution in [0.15, 0.2) is 0 Å². The minimum absolute atomic E-state index is 0.362. The van der Waals surface area contributed by atoms with Crippen LogP contribution in [0.3, 0.4) is 0 Å². The molecule has 0 amide bonds. The molecule has 2 saturated heterocycles. The van der Waals surface area contributed by atoms with Crippen LogP contribution in [0.5, 0.6) is 0 Å². The van der Waals surface area contributed by atoms with E-state index in [9.17, 15) is 26.3 Å². The van der Waals surface area contributed by atoms with E-state index in [0.717, 1.165) is 6.54 Å². The lowest BCUT2D eigenvalue weighted by atomic mass is 9.86. The van der Waals surface area contributed by atoms with Crippen molar-refractivity contribution in [3.8, 4) is 0 Å². The Morgan fingerprint density at radius 2 is 1.37 bits per heavy atom. The zero-order valence-electron chi connectivity index (χ0n) is 14.3. The molecule has 160 valence electrons. The Morgan fingerprint density at radius 3 is 1.70 bits per heavy atom. The minimum Gasteiger partial charge on any atom is -0.542 e. The Kier molecular flexibility index (Phi) is 10.0. The van der Waals surface area contributed by atoms with E-state index in [-0.39, 0.29) is 0 Å². The normalized spacial score (nSPS) is 21.5. The molecule has 0 aromatic heterocycles. The summed E-state index contributed by atoms with van der Waals surface area (Å²) in [6, 6.07) is 0. The maximum atomic E-state index is 10.5. The zero-order valence-corrected chi connectivity index (χ0v) is 14.3. The first-order chi connectivity index (χ1) is 12.3. The van der Waals surface area contributed by atoms with Crippen LogP contribution in [-0.2, 0) is 9.59 Å². The lowest BCUT2D eigenvalue weighted by molar-refractivity contribution is -0.947. The first kappa shape index (κ1) is 25.4. The van der Waals surface area contributed by atoms with Crippen LogP contribution < -0.4 is 20.4 Å². The summed E-state index contributed by atoms with van der Waals surface area (Å²) >= 11 is 0. The number of hydrogen-bond donors (Lipinski definition) is 3. The number of carbonyl (C=O) groups excluding carboxylic acids is 2. The van der Waals surface area contributed by atoms with Gasteiger partial charge >= 0.3 is 12.4 Å². The molecule has 0 aromatic carbocycles. The fourth-order valence-electron chi connectivity index (χ4n) is 3.24. The van der Waals surface area contributed by atoms with Gasteiger partial charge < -0.3 is 35.1 Å². The van der Waals surface area contributed by atoms with Gasteiger partial charge in [0.15, 0.2) is 0 Å². The van der Waals surface area contributed by atoms with Crippen molar-refractivity contribution in [1.82, 2.24) is 0 Å². The second kappa shape index (κ2) is 10.7. The predicted molar refractivity (Wildman–Crippen MR) is 72.8 cm³/mol. The molecule has 0 bridgehead atoms. The van der Waals surface area contributed by atoms with Gasteiger partial charge in [0, 0.05) is 12.8 Å². The largest absolute Gasteiger partial charge is 0.542 e. The third kappa shape index (κ3) is 9.24. The zero-order chi connectivity index (χ0) is 21.3. The molecule has 1 unspecified atom stereocenters. The number of nitrogens with one attached hydrogen (secondary N) is 1. The summed E-state index contributed by atoms with van der Waals surface area (Å²) < 4.78 is 63.1. The highest BCUT2D eigenvalue weighted by Gasteiger charge is 2.46. The van der Waals surface area contributed by atoms with E-state index in [0.29, 0.717) is 12.1 Å². The van der Waals surface area contributed by atoms with Gasteiger partial charge in [-0.25, -0.2) is 0 Å². The molecule has 2 fully saturated rings. The average molecular weight is 412 g/mol. The smallest absolute Gasteiger partial charge is 0.430 e. The molecule has 7 nitrogen and oxygen atoms in total. The third-order valence-electron chi connectivity index (χ3n) is 4.41. The Bertz CT molecular complexity index is 454. The number of carboxylic acids is 2. The second-order valence-corrected chi connectivity index (χ2v) is 6.15. The molecule has 2 aliphatic heterocycles. The van der Waals surface area contributed by atoms with Crippen LogP contribution in [0.4, 0.5) is 26.3 Å². The van der Waals surface area contributed by atoms with Crippen LogP contribution >= 0.6 is 0 Å². The fourth-order valence-corrected chi connectivity index (χ4v) is 3.24. The summed E-state index contributed by atoms with van der Waals surface area (Å²) in [5.41, 5.74) is 0.567. The van der Waals surface area contributed by atoms with Gasteiger partial charge in [0.05, 0.1) is 39.1 Å². The van der Waals surface area contributed by atoms with Crippen molar-refractivity contribution in [3.63, 3.8) is 0 Å². The van der Waals surface area contributed by atoms with Gasteiger partial charge in [-0.3, -0.25) is 0 Å². The number of carboxylic acid groups (broad SMARTS) is 2. The molecule has 4 N–H and O–H groups in total. The maximum absolute atomic E-state index is 10.5. The number of nitrogens with two attached hydrogens (primary N) is 1. The second-order valence-electron chi connectivity index (χ2n) is 6.15. The average Bonchev–Trinajstić information content (AvgIpc) is 2.90. The van der Waals surface area contributed by atoms with Gasteiger partial charge in [0.25, 0.3) is 0 Å². The van der Waals surface area contributed by atoms with Gasteiger partial charge in [-0.2, -0.15) is 26.3 Å². The van der Waals surface area contributed by atoms with E-state index < -0.39 is 24.3 Å². The van der Waals surface area contributed by atoms with E-state index >= 15 is 0 Å². The van der Waals surface area contributed by atoms with Crippen molar-refractivity contribution >= 4 is 11.9 Å². The number of rotatable bonds is 2. The summed E-state index contributed by atoms with van der Waals surface area (Å²) in [6.07, 6.45) is -4.89. The molecule has 13 heteroatoms. The van der Waals surface area contributed by atoms with E-state index in [4.69, 9.17) is 24.9 Å². The van der Waals surface area contributed by atoms with Crippen molar-refractivity contribution in [1.29, 1.82) is 0 Å². The highest BCUT2D eigenvalue weighted by Crippen LogP contribution is 2.22. The highest BCUT2D eigenvalue weighted by molar-refractivity contribution is 5.71. The van der Waals surface area contributed by atoms with Crippen LogP contribution in [0.25, 0.3) is 0 Å². The molecule has 1 atom stereocenters. The summed E-state index contributed by atoms with van der Waals surface area (Å²) in [4.78, 5) is 19.3. The van der Waals surface area contributed by atoms with Crippen LogP contribution in [-0.4, -0.2) is 67.7 Å². The van der Waals surface area contributed by atoms with Gasteiger partial charge in [0.1, 0.15) is 24.0 Å². The molecule has 27 heavy (non-hydrogen) atoms. The van der Waals surface area contributed by atoms with Gasteiger partial charge in [-0.1, -0.05) is 0 Å². The molecule has 0 saturated carbocycles. The Balaban J connectivity index is 0.000000416. The molecular formula is C14H22F6N2O5. The van der Waals surface area contributed by atoms with Crippen molar-refractivity contribution in [3.05, 3.63) is 0 Å². The van der Waals surface area contributed by atoms with Crippen molar-refractivity contribution in [2.75, 3.05) is 32.8 Å². The number of piperidine rings is 1. The lowest BCUT2D eigenvalue weighted by Gasteiger charge is -2.36. The lowest BCUT2D eigenvalue weighted by Crippen LogP contribution is -3.20. The number of alkyl halides is 6. The molecule has 0 aromatic rings. The number of quaternary nitrogens is 2. The van der Waals surface area contributed by atoms with Crippen LogP contribution in [0, 0.1) is 0 Å². The molecule has 2 rings (SSSR count). The third-order valence-corrected chi connectivity index (χ3v) is 4.41. The molecule has 0 aliphatic carbocycles. The molecule has 2 aliphatic rings. The summed E-state index contributed by atoms with van der Waals surface area (Å²) in [5, 5.41) is 29.0. The number of carbonyl (C=O) groups is 2. The van der Waals surface area contributed by atoms with E-state index in [1.165, 1.54) is 45.3 Å². The van der Waals surface area contributed by atoms with Gasteiger partial charge in [-0.15, -0.1) is 0 Å². The highest BCUT2D eigenvalue weighted by atomic mass is 19.4. The summed E-state index contributed by atoms with van der Waals surface area (Å²) in [7, 11) is 0. The Labute approximate surface area is 150 Å². The first-order valence-corrected chi connectivity index (χ1v) is 8.10. The van der Waals surface area contributed by atoms with Crippen LogP contribution in [0.2, 0.25) is 0 Å². The van der Waals surface area contributed by atoms with Gasteiger partial charge in [0.2, 0.25) is 0 Å². The van der Waals surface area contributed by atoms with Crippen molar-refractivity contribution < 1.29 is 61.5 Å². The summed E-state index contributed by atoms with van der Waals surface area (Å²) in [6.45, 7) is 5.23. The number of aliphatic hydroxyl groups is 1. The maximum Gasteiger partial charge on any atom is 0.430 e. The predicted octanol–water partition coefficient (Wildman–Crippen LogP) is -3.65. The Morgan fingerprint density at radius 1 is 0.963 bits per heavy atom.